The number of hydrogen-bond donors (Lipinski definition) is 1. The van der Waals surface area contributed by atoms with E-state index in [1.54, 1.807) is 0 Å². The third-order valence-corrected chi connectivity index (χ3v) is 3.22. The van der Waals surface area contributed by atoms with E-state index in [0.29, 0.717) is 5.92 Å². The number of benzene rings is 1. The van der Waals surface area contributed by atoms with Gasteiger partial charge in [0.05, 0.1) is 6.33 Å². The molecule has 0 atom stereocenters. The van der Waals surface area contributed by atoms with Crippen LogP contribution in [0.4, 0.5) is 5.69 Å². The van der Waals surface area contributed by atoms with Crippen molar-refractivity contribution in [3.63, 3.8) is 0 Å². The Balaban J connectivity index is 2.43. The summed E-state index contributed by atoms with van der Waals surface area (Å²) in [6.45, 7) is 4.43. The van der Waals surface area contributed by atoms with E-state index >= 15 is 0 Å². The summed E-state index contributed by atoms with van der Waals surface area (Å²) in [4.78, 5) is 4.27. The van der Waals surface area contributed by atoms with Crippen LogP contribution in [-0.4, -0.2) is 9.55 Å². The molecular formula is C14H19N3. The molecule has 0 radical (unpaired) electrons. The molecule has 0 spiro atoms. The van der Waals surface area contributed by atoms with E-state index in [1.807, 2.05) is 30.7 Å². The number of nitrogens with zero attached hydrogens (tertiary/aromatic N) is 2. The Morgan fingerprint density at radius 1 is 1.29 bits per heavy atom. The van der Waals surface area contributed by atoms with Crippen molar-refractivity contribution in [3.8, 4) is 5.69 Å². The molecule has 3 heteroatoms. The van der Waals surface area contributed by atoms with Crippen LogP contribution in [-0.2, 0) is 0 Å². The Kier molecular flexibility index (Phi) is 3.47. The average Bonchev–Trinajstić information content (AvgIpc) is 2.80. The minimum atomic E-state index is 0.555. The lowest BCUT2D eigenvalue weighted by Gasteiger charge is -2.15. The summed E-state index contributed by atoms with van der Waals surface area (Å²) >= 11 is 0. The van der Waals surface area contributed by atoms with Gasteiger partial charge in [0.25, 0.3) is 0 Å². The number of nitrogen functional groups attached to an aromatic ring is 1. The van der Waals surface area contributed by atoms with E-state index in [2.05, 4.69) is 29.5 Å². The highest BCUT2D eigenvalue weighted by Crippen LogP contribution is 2.25. The molecule has 0 bridgehead atoms. The highest BCUT2D eigenvalue weighted by Gasteiger charge is 2.13. The molecule has 2 rings (SSSR count). The number of imidazole rings is 1. The van der Waals surface area contributed by atoms with Crippen molar-refractivity contribution in [2.45, 2.75) is 32.6 Å². The molecule has 3 nitrogen and oxygen atoms in total. The predicted molar refractivity (Wildman–Crippen MR) is 71.3 cm³/mol. The Labute approximate surface area is 102 Å². The molecule has 0 saturated carbocycles. The minimum absolute atomic E-state index is 0.555. The summed E-state index contributed by atoms with van der Waals surface area (Å²) in [5.41, 5.74) is 8.96. The number of nitrogens with two attached hydrogens (primary N) is 1. The van der Waals surface area contributed by atoms with Gasteiger partial charge in [-0.25, -0.2) is 4.98 Å². The predicted octanol–water partition coefficient (Wildman–Crippen LogP) is 3.36. The van der Waals surface area contributed by atoms with Crippen molar-refractivity contribution in [1.29, 1.82) is 0 Å². The lowest BCUT2D eigenvalue weighted by molar-refractivity contribution is 0.611. The second-order valence-electron chi connectivity index (χ2n) is 4.30. The maximum absolute atomic E-state index is 5.82. The number of hydrogen-bond acceptors (Lipinski definition) is 2. The average molecular weight is 229 g/mol. The standard InChI is InChI=1S/C14H19N3/c1-3-11(4-2)14-9-16-10-17(14)13-7-5-6-12(15)8-13/h5-11H,3-4,15H2,1-2H3. The van der Waals surface area contributed by atoms with Crippen molar-refractivity contribution in [2.24, 2.45) is 0 Å². The molecule has 0 amide bonds. The van der Waals surface area contributed by atoms with Gasteiger partial charge in [0, 0.05) is 29.2 Å². The molecule has 1 aromatic heterocycles. The van der Waals surface area contributed by atoms with Crippen LogP contribution in [0.5, 0.6) is 0 Å². The topological polar surface area (TPSA) is 43.8 Å². The zero-order valence-corrected chi connectivity index (χ0v) is 10.4. The molecule has 0 aliphatic heterocycles. The molecule has 1 heterocycles. The van der Waals surface area contributed by atoms with Gasteiger partial charge in [0.2, 0.25) is 0 Å². The first-order chi connectivity index (χ1) is 8.26. The Hall–Kier alpha value is -1.77. The van der Waals surface area contributed by atoms with Crippen molar-refractivity contribution in [1.82, 2.24) is 9.55 Å². The Morgan fingerprint density at radius 2 is 2.06 bits per heavy atom. The first-order valence-electron chi connectivity index (χ1n) is 6.14. The van der Waals surface area contributed by atoms with Gasteiger partial charge in [-0.1, -0.05) is 19.9 Å². The number of anilines is 1. The largest absolute Gasteiger partial charge is 0.399 e. The summed E-state index contributed by atoms with van der Waals surface area (Å²) in [5, 5.41) is 0. The minimum Gasteiger partial charge on any atom is -0.399 e. The van der Waals surface area contributed by atoms with Gasteiger partial charge in [-0.2, -0.15) is 0 Å². The SMILES string of the molecule is CCC(CC)c1cncn1-c1cccc(N)c1. The second kappa shape index (κ2) is 5.04. The molecule has 0 fully saturated rings. The van der Waals surface area contributed by atoms with E-state index in [1.165, 1.54) is 5.69 Å². The summed E-state index contributed by atoms with van der Waals surface area (Å²) in [6.07, 6.45) is 6.08. The van der Waals surface area contributed by atoms with Crippen LogP contribution in [0.3, 0.4) is 0 Å². The number of rotatable bonds is 4. The molecule has 2 aromatic rings. The van der Waals surface area contributed by atoms with Crippen molar-refractivity contribution < 1.29 is 0 Å². The van der Waals surface area contributed by atoms with E-state index in [9.17, 15) is 0 Å². The summed E-state index contributed by atoms with van der Waals surface area (Å²) in [7, 11) is 0. The van der Waals surface area contributed by atoms with Crippen molar-refractivity contribution >= 4 is 5.69 Å². The zero-order valence-electron chi connectivity index (χ0n) is 10.4. The van der Waals surface area contributed by atoms with Crippen LogP contribution in [0.1, 0.15) is 38.3 Å². The fourth-order valence-electron chi connectivity index (χ4n) is 2.20. The van der Waals surface area contributed by atoms with Crippen LogP contribution in [0, 0.1) is 0 Å². The molecule has 1 aromatic carbocycles. The highest BCUT2D eigenvalue weighted by molar-refractivity contribution is 5.48. The highest BCUT2D eigenvalue weighted by atomic mass is 15.1. The summed E-state index contributed by atoms with van der Waals surface area (Å²) in [5.74, 6) is 0.555. The molecule has 0 aliphatic carbocycles. The molecule has 2 N–H and O–H groups in total. The van der Waals surface area contributed by atoms with Gasteiger partial charge in [-0.05, 0) is 31.0 Å². The maximum atomic E-state index is 5.82. The molecule has 0 saturated heterocycles. The third-order valence-electron chi connectivity index (χ3n) is 3.22. The van der Waals surface area contributed by atoms with Crippen molar-refractivity contribution in [2.75, 3.05) is 5.73 Å². The molecule has 0 unspecified atom stereocenters. The van der Waals surface area contributed by atoms with Gasteiger partial charge in [-0.15, -0.1) is 0 Å². The normalized spacial score (nSPS) is 11.0. The fraction of sp³-hybridized carbons (Fsp3) is 0.357. The van der Waals surface area contributed by atoms with Crippen LogP contribution in [0.25, 0.3) is 5.69 Å². The molecule has 17 heavy (non-hydrogen) atoms. The summed E-state index contributed by atoms with van der Waals surface area (Å²) in [6, 6.07) is 7.91. The second-order valence-corrected chi connectivity index (χ2v) is 4.30. The van der Waals surface area contributed by atoms with Crippen LogP contribution in [0.2, 0.25) is 0 Å². The lowest BCUT2D eigenvalue weighted by Crippen LogP contribution is -2.04. The van der Waals surface area contributed by atoms with E-state index < -0.39 is 0 Å². The third kappa shape index (κ3) is 2.33. The van der Waals surface area contributed by atoms with E-state index in [0.717, 1.165) is 24.2 Å². The van der Waals surface area contributed by atoms with Gasteiger partial charge >= 0.3 is 0 Å². The maximum Gasteiger partial charge on any atom is 0.0994 e. The number of aromatic nitrogens is 2. The molecule has 90 valence electrons. The van der Waals surface area contributed by atoms with E-state index in [-0.39, 0.29) is 0 Å². The smallest absolute Gasteiger partial charge is 0.0994 e. The zero-order chi connectivity index (χ0) is 12.3. The van der Waals surface area contributed by atoms with Crippen LogP contribution >= 0.6 is 0 Å². The molecule has 0 aliphatic rings. The quantitative estimate of drug-likeness (QED) is 0.817. The van der Waals surface area contributed by atoms with Crippen LogP contribution in [0.15, 0.2) is 36.8 Å². The first-order valence-corrected chi connectivity index (χ1v) is 6.14. The van der Waals surface area contributed by atoms with Crippen molar-refractivity contribution in [3.05, 3.63) is 42.5 Å². The van der Waals surface area contributed by atoms with Gasteiger partial charge < -0.3 is 10.3 Å². The monoisotopic (exact) mass is 229 g/mol. The van der Waals surface area contributed by atoms with Gasteiger partial charge in [0.1, 0.15) is 0 Å². The Morgan fingerprint density at radius 3 is 2.71 bits per heavy atom. The Bertz CT molecular complexity index is 484. The first kappa shape index (κ1) is 11.7. The van der Waals surface area contributed by atoms with E-state index in [4.69, 9.17) is 5.73 Å². The summed E-state index contributed by atoms with van der Waals surface area (Å²) < 4.78 is 2.13. The fourth-order valence-corrected chi connectivity index (χ4v) is 2.20. The van der Waals surface area contributed by atoms with Crippen LogP contribution < -0.4 is 5.73 Å². The van der Waals surface area contributed by atoms with Gasteiger partial charge in [-0.3, -0.25) is 0 Å². The lowest BCUT2D eigenvalue weighted by atomic mass is 10.00. The molecular weight excluding hydrogens is 210 g/mol. The van der Waals surface area contributed by atoms with Gasteiger partial charge in [0.15, 0.2) is 0 Å².